The minimum Gasteiger partial charge on any atom is -0.452 e. The first-order valence-corrected chi connectivity index (χ1v) is 4.72. The van der Waals surface area contributed by atoms with E-state index in [-0.39, 0.29) is 0 Å². The van der Waals surface area contributed by atoms with E-state index in [0.717, 1.165) is 5.56 Å². The first-order valence-electron chi connectivity index (χ1n) is 4.72. The van der Waals surface area contributed by atoms with Crippen LogP contribution < -0.4 is 5.43 Å². The van der Waals surface area contributed by atoms with Gasteiger partial charge in [-0.15, -0.1) is 0 Å². The van der Waals surface area contributed by atoms with Gasteiger partial charge in [0.15, 0.2) is 0 Å². The Morgan fingerprint density at radius 1 is 1.31 bits per heavy atom. The Hall–Kier alpha value is -1.88. The normalized spacial score (nSPS) is 11.0. The Bertz CT molecular complexity index is 363. The van der Waals surface area contributed by atoms with E-state index in [1.165, 1.54) is 7.11 Å². The number of hydrogen-bond acceptors (Lipinski definition) is 4. The van der Waals surface area contributed by atoms with Gasteiger partial charge < -0.3 is 9.47 Å². The van der Waals surface area contributed by atoms with Crippen LogP contribution in [-0.2, 0) is 9.47 Å². The molecule has 0 fully saturated rings. The lowest BCUT2D eigenvalue weighted by atomic mass is 10.1. The zero-order valence-electron chi connectivity index (χ0n) is 9.27. The first kappa shape index (κ1) is 12.2. The smallest absolute Gasteiger partial charge is 0.427 e. The van der Waals surface area contributed by atoms with Gasteiger partial charge >= 0.3 is 6.09 Å². The highest BCUT2D eigenvalue weighted by molar-refractivity contribution is 6.01. The predicted molar refractivity (Wildman–Crippen MR) is 60.4 cm³/mol. The number of ether oxygens (including phenoxy) is 2. The Morgan fingerprint density at radius 2 is 2.00 bits per heavy atom. The van der Waals surface area contributed by atoms with Crippen molar-refractivity contribution in [3.05, 3.63) is 35.9 Å². The van der Waals surface area contributed by atoms with Crippen molar-refractivity contribution in [1.82, 2.24) is 5.43 Å². The third kappa shape index (κ3) is 3.70. The molecular weight excluding hydrogens is 208 g/mol. The van der Waals surface area contributed by atoms with Gasteiger partial charge in [0, 0.05) is 12.7 Å². The van der Waals surface area contributed by atoms with E-state index in [1.807, 2.05) is 30.3 Å². The topological polar surface area (TPSA) is 59.9 Å². The van der Waals surface area contributed by atoms with E-state index in [2.05, 4.69) is 15.3 Å². The van der Waals surface area contributed by atoms with Gasteiger partial charge in [-0.2, -0.15) is 5.10 Å². The Kier molecular flexibility index (Phi) is 5.01. The summed E-state index contributed by atoms with van der Waals surface area (Å²) in [5, 5.41) is 3.92. The monoisotopic (exact) mass is 222 g/mol. The molecule has 0 radical (unpaired) electrons. The van der Waals surface area contributed by atoms with Crippen molar-refractivity contribution in [1.29, 1.82) is 0 Å². The van der Waals surface area contributed by atoms with E-state index < -0.39 is 6.09 Å². The highest BCUT2D eigenvalue weighted by atomic mass is 16.5. The number of benzene rings is 1. The van der Waals surface area contributed by atoms with E-state index in [1.54, 1.807) is 7.11 Å². The van der Waals surface area contributed by atoms with E-state index in [9.17, 15) is 4.79 Å². The summed E-state index contributed by atoms with van der Waals surface area (Å²) < 4.78 is 9.42. The van der Waals surface area contributed by atoms with Crippen LogP contribution in [0.5, 0.6) is 0 Å². The number of amides is 1. The van der Waals surface area contributed by atoms with Gasteiger partial charge in [-0.05, 0) is 0 Å². The van der Waals surface area contributed by atoms with E-state index in [4.69, 9.17) is 4.74 Å². The summed E-state index contributed by atoms with van der Waals surface area (Å²) in [6.07, 6.45) is -0.607. The van der Waals surface area contributed by atoms with Crippen molar-refractivity contribution in [3.63, 3.8) is 0 Å². The van der Waals surface area contributed by atoms with Crippen molar-refractivity contribution < 1.29 is 14.3 Å². The van der Waals surface area contributed by atoms with Crippen LogP contribution in [0.2, 0.25) is 0 Å². The molecular formula is C11H14N2O3. The van der Waals surface area contributed by atoms with Crippen LogP contribution in [-0.4, -0.2) is 32.6 Å². The molecule has 5 heteroatoms. The fourth-order valence-electron chi connectivity index (χ4n) is 1.11. The molecule has 1 N–H and O–H groups in total. The van der Waals surface area contributed by atoms with Crippen molar-refractivity contribution in [3.8, 4) is 0 Å². The maximum atomic E-state index is 10.9. The summed E-state index contributed by atoms with van der Waals surface area (Å²) in [7, 11) is 2.85. The fourth-order valence-corrected chi connectivity index (χ4v) is 1.11. The maximum absolute atomic E-state index is 10.9. The average molecular weight is 222 g/mol. The molecule has 0 saturated heterocycles. The molecule has 0 aliphatic heterocycles. The quantitative estimate of drug-likeness (QED) is 0.618. The van der Waals surface area contributed by atoms with Gasteiger partial charge in [0.25, 0.3) is 0 Å². The third-order valence-electron chi connectivity index (χ3n) is 1.86. The molecule has 0 aliphatic carbocycles. The number of nitrogens with one attached hydrogen (secondary N) is 1. The second-order valence-electron chi connectivity index (χ2n) is 2.96. The molecule has 0 unspecified atom stereocenters. The molecule has 16 heavy (non-hydrogen) atoms. The zero-order valence-corrected chi connectivity index (χ0v) is 9.27. The number of methoxy groups -OCH3 is 2. The lowest BCUT2D eigenvalue weighted by Crippen LogP contribution is -2.21. The van der Waals surface area contributed by atoms with Crippen molar-refractivity contribution in [2.75, 3.05) is 20.8 Å². The molecule has 5 nitrogen and oxygen atoms in total. The van der Waals surface area contributed by atoms with Crippen molar-refractivity contribution in [2.45, 2.75) is 0 Å². The van der Waals surface area contributed by atoms with Gasteiger partial charge in [0.2, 0.25) is 0 Å². The molecule has 0 bridgehead atoms. The van der Waals surface area contributed by atoms with Crippen LogP contribution in [0, 0.1) is 0 Å². The second-order valence-corrected chi connectivity index (χ2v) is 2.96. The standard InChI is InChI=1S/C11H14N2O3/c1-15-8-10(12-13-11(14)16-2)9-6-4-3-5-7-9/h3-7H,8H2,1-2H3,(H,13,14)/b12-10+. The SMILES string of the molecule is COC/C(=N\NC(=O)OC)c1ccccc1. The number of rotatable bonds is 4. The van der Waals surface area contributed by atoms with Gasteiger partial charge in [-0.1, -0.05) is 30.3 Å². The molecule has 1 rings (SSSR count). The van der Waals surface area contributed by atoms with Crippen molar-refractivity contribution in [2.24, 2.45) is 5.10 Å². The average Bonchev–Trinajstić information content (AvgIpc) is 2.35. The van der Waals surface area contributed by atoms with Crippen LogP contribution in [0.1, 0.15) is 5.56 Å². The van der Waals surface area contributed by atoms with Gasteiger partial charge in [0.05, 0.1) is 19.4 Å². The molecule has 0 spiro atoms. The van der Waals surface area contributed by atoms with Crippen LogP contribution in [0.4, 0.5) is 4.79 Å². The summed E-state index contributed by atoms with van der Waals surface area (Å²) >= 11 is 0. The Labute approximate surface area is 94.1 Å². The molecule has 1 amide bonds. The Balaban J connectivity index is 2.78. The lowest BCUT2D eigenvalue weighted by Gasteiger charge is -2.05. The summed E-state index contributed by atoms with van der Waals surface area (Å²) in [6.45, 7) is 0.313. The molecule has 0 aliphatic rings. The van der Waals surface area contributed by atoms with Crippen LogP contribution >= 0.6 is 0 Å². The fraction of sp³-hybridized carbons (Fsp3) is 0.273. The number of carbonyl (C=O) groups excluding carboxylic acids is 1. The minimum absolute atomic E-state index is 0.313. The zero-order chi connectivity index (χ0) is 11.8. The first-order chi connectivity index (χ1) is 7.77. The minimum atomic E-state index is -0.607. The summed E-state index contributed by atoms with van der Waals surface area (Å²) in [4.78, 5) is 10.9. The predicted octanol–water partition coefficient (Wildman–Crippen LogP) is 1.39. The summed E-state index contributed by atoms with van der Waals surface area (Å²) in [6, 6.07) is 9.45. The number of carbonyl (C=O) groups is 1. The molecule has 0 aromatic heterocycles. The molecule has 0 atom stereocenters. The van der Waals surface area contributed by atoms with Gasteiger partial charge in [-0.25, -0.2) is 10.2 Å². The second kappa shape index (κ2) is 6.58. The van der Waals surface area contributed by atoms with Gasteiger partial charge in [0.1, 0.15) is 0 Å². The van der Waals surface area contributed by atoms with Gasteiger partial charge in [-0.3, -0.25) is 0 Å². The van der Waals surface area contributed by atoms with Crippen LogP contribution in [0.25, 0.3) is 0 Å². The van der Waals surface area contributed by atoms with Crippen LogP contribution in [0.15, 0.2) is 35.4 Å². The lowest BCUT2D eigenvalue weighted by molar-refractivity contribution is 0.171. The third-order valence-corrected chi connectivity index (χ3v) is 1.86. The number of hydrazone groups is 1. The van der Waals surface area contributed by atoms with E-state index in [0.29, 0.717) is 12.3 Å². The Morgan fingerprint density at radius 3 is 2.56 bits per heavy atom. The molecule has 1 aromatic rings. The molecule has 86 valence electrons. The molecule has 0 saturated carbocycles. The molecule has 1 aromatic carbocycles. The van der Waals surface area contributed by atoms with E-state index >= 15 is 0 Å². The highest BCUT2D eigenvalue weighted by Crippen LogP contribution is 2.01. The summed E-state index contributed by atoms with van der Waals surface area (Å²) in [5.74, 6) is 0. The largest absolute Gasteiger partial charge is 0.452 e. The highest BCUT2D eigenvalue weighted by Gasteiger charge is 2.04. The van der Waals surface area contributed by atoms with Crippen LogP contribution in [0.3, 0.4) is 0 Å². The number of hydrogen-bond donors (Lipinski definition) is 1. The summed E-state index contributed by atoms with van der Waals surface area (Å²) in [5.41, 5.74) is 3.78. The molecule has 0 heterocycles. The number of nitrogens with zero attached hydrogens (tertiary/aromatic N) is 1. The van der Waals surface area contributed by atoms with Crippen molar-refractivity contribution >= 4 is 11.8 Å². The maximum Gasteiger partial charge on any atom is 0.427 e.